The average molecular weight is 269 g/mol. The molecule has 18 heavy (non-hydrogen) atoms. The smallest absolute Gasteiger partial charge is 0.191 e. The Balaban J connectivity index is 2.56. The maximum absolute atomic E-state index is 4.42. The molecule has 1 rings (SSSR count). The van der Waals surface area contributed by atoms with E-state index in [1.165, 1.54) is 0 Å². The van der Waals surface area contributed by atoms with Crippen molar-refractivity contribution in [2.45, 2.75) is 25.0 Å². The molecule has 0 atom stereocenters. The number of likely N-dealkylation sites (N-methyl/N-ethyl adjacent to an activating group) is 1. The van der Waals surface area contributed by atoms with Crippen LogP contribution in [0, 0.1) is 0 Å². The summed E-state index contributed by atoms with van der Waals surface area (Å²) in [7, 11) is 3.99. The molecule has 6 heteroatoms. The predicted molar refractivity (Wildman–Crippen MR) is 79.6 cm³/mol. The van der Waals surface area contributed by atoms with Gasteiger partial charge in [0.25, 0.3) is 0 Å². The number of aromatic nitrogens is 2. The summed E-state index contributed by atoms with van der Waals surface area (Å²) in [5.41, 5.74) is 0. The zero-order chi connectivity index (χ0) is 13.5. The van der Waals surface area contributed by atoms with Crippen LogP contribution >= 0.6 is 11.8 Å². The SMILES string of the molecule is CNc1cc(NCCN(C)C(C)C)nc(SC)n1. The maximum atomic E-state index is 4.42. The van der Waals surface area contributed by atoms with Crippen LogP contribution < -0.4 is 10.6 Å². The van der Waals surface area contributed by atoms with Gasteiger partial charge in [-0.3, -0.25) is 0 Å². The van der Waals surface area contributed by atoms with Crippen LogP contribution in [-0.4, -0.2) is 54.4 Å². The molecule has 0 fully saturated rings. The number of nitrogens with one attached hydrogen (secondary N) is 2. The second-order valence-corrected chi connectivity index (χ2v) is 5.15. The molecule has 1 heterocycles. The molecular weight excluding hydrogens is 246 g/mol. The quantitative estimate of drug-likeness (QED) is 0.583. The Kier molecular flexibility index (Phi) is 6.21. The van der Waals surface area contributed by atoms with Gasteiger partial charge in [-0.1, -0.05) is 11.8 Å². The van der Waals surface area contributed by atoms with Crippen LogP contribution in [0.15, 0.2) is 11.2 Å². The van der Waals surface area contributed by atoms with Crippen LogP contribution in [0.3, 0.4) is 0 Å². The van der Waals surface area contributed by atoms with E-state index >= 15 is 0 Å². The highest BCUT2D eigenvalue weighted by Gasteiger charge is 2.05. The van der Waals surface area contributed by atoms with Crippen molar-refractivity contribution in [2.24, 2.45) is 0 Å². The molecule has 0 unspecified atom stereocenters. The Bertz CT molecular complexity index is 347. The van der Waals surface area contributed by atoms with E-state index in [-0.39, 0.29) is 0 Å². The number of hydrogen-bond acceptors (Lipinski definition) is 6. The highest BCUT2D eigenvalue weighted by atomic mass is 32.2. The fourth-order valence-electron chi connectivity index (χ4n) is 1.35. The molecule has 1 aromatic heterocycles. The Hall–Kier alpha value is -1.01. The van der Waals surface area contributed by atoms with Gasteiger partial charge in [0.15, 0.2) is 5.16 Å². The summed E-state index contributed by atoms with van der Waals surface area (Å²) in [6.07, 6.45) is 1.98. The Morgan fingerprint density at radius 3 is 2.56 bits per heavy atom. The van der Waals surface area contributed by atoms with E-state index < -0.39 is 0 Å². The number of hydrogen-bond donors (Lipinski definition) is 2. The largest absolute Gasteiger partial charge is 0.373 e. The van der Waals surface area contributed by atoms with Crippen LogP contribution in [0.2, 0.25) is 0 Å². The molecule has 102 valence electrons. The van der Waals surface area contributed by atoms with Crippen molar-refractivity contribution >= 4 is 23.4 Å². The average Bonchev–Trinajstić information content (AvgIpc) is 2.37. The van der Waals surface area contributed by atoms with E-state index in [2.05, 4.69) is 46.4 Å². The summed E-state index contributed by atoms with van der Waals surface area (Å²) >= 11 is 1.54. The summed E-state index contributed by atoms with van der Waals surface area (Å²) in [4.78, 5) is 11.1. The van der Waals surface area contributed by atoms with Gasteiger partial charge in [0.05, 0.1) is 0 Å². The molecule has 0 radical (unpaired) electrons. The summed E-state index contributed by atoms with van der Waals surface area (Å²) < 4.78 is 0. The van der Waals surface area contributed by atoms with E-state index in [9.17, 15) is 0 Å². The lowest BCUT2D eigenvalue weighted by molar-refractivity contribution is 0.284. The van der Waals surface area contributed by atoms with Crippen molar-refractivity contribution in [3.05, 3.63) is 6.07 Å². The van der Waals surface area contributed by atoms with Crippen molar-refractivity contribution in [1.29, 1.82) is 0 Å². The number of nitrogens with zero attached hydrogens (tertiary/aromatic N) is 3. The number of rotatable bonds is 7. The summed E-state index contributed by atoms with van der Waals surface area (Å²) in [6, 6.07) is 2.49. The molecule has 0 saturated heterocycles. The Morgan fingerprint density at radius 1 is 1.33 bits per heavy atom. The molecule has 0 aliphatic rings. The van der Waals surface area contributed by atoms with Gasteiger partial charge in [-0.05, 0) is 27.2 Å². The monoisotopic (exact) mass is 269 g/mol. The molecule has 0 aliphatic carbocycles. The molecule has 0 aromatic carbocycles. The van der Waals surface area contributed by atoms with Crippen molar-refractivity contribution in [1.82, 2.24) is 14.9 Å². The van der Waals surface area contributed by atoms with Crippen molar-refractivity contribution in [3.63, 3.8) is 0 Å². The fourth-order valence-corrected chi connectivity index (χ4v) is 1.73. The van der Waals surface area contributed by atoms with Crippen LogP contribution in [0.1, 0.15) is 13.8 Å². The highest BCUT2D eigenvalue weighted by molar-refractivity contribution is 7.98. The molecule has 0 spiro atoms. The van der Waals surface area contributed by atoms with Crippen molar-refractivity contribution in [3.8, 4) is 0 Å². The van der Waals surface area contributed by atoms with Gasteiger partial charge in [-0.25, -0.2) is 9.97 Å². The van der Waals surface area contributed by atoms with Gasteiger partial charge in [0.1, 0.15) is 11.6 Å². The van der Waals surface area contributed by atoms with E-state index in [1.807, 2.05) is 19.4 Å². The molecule has 0 amide bonds. The Labute approximate surface area is 114 Å². The summed E-state index contributed by atoms with van der Waals surface area (Å²) in [5.74, 6) is 1.71. The van der Waals surface area contributed by atoms with Gasteiger partial charge >= 0.3 is 0 Å². The molecule has 0 aliphatic heterocycles. The third-order valence-electron chi connectivity index (χ3n) is 2.80. The highest BCUT2D eigenvalue weighted by Crippen LogP contribution is 2.16. The van der Waals surface area contributed by atoms with E-state index in [0.29, 0.717) is 6.04 Å². The summed E-state index contributed by atoms with van der Waals surface area (Å²) in [6.45, 7) is 6.25. The van der Waals surface area contributed by atoms with Gasteiger partial charge in [-0.15, -0.1) is 0 Å². The first-order chi connectivity index (χ1) is 8.56. The second kappa shape index (κ2) is 7.43. The third kappa shape index (κ3) is 4.70. The first-order valence-corrected chi connectivity index (χ1v) is 7.34. The third-order valence-corrected chi connectivity index (χ3v) is 3.34. The summed E-state index contributed by atoms with van der Waals surface area (Å²) in [5, 5.41) is 7.16. The van der Waals surface area contributed by atoms with Crippen molar-refractivity contribution < 1.29 is 0 Å². The van der Waals surface area contributed by atoms with Crippen LogP contribution in [-0.2, 0) is 0 Å². The van der Waals surface area contributed by atoms with E-state index in [0.717, 1.165) is 29.9 Å². The van der Waals surface area contributed by atoms with E-state index in [4.69, 9.17) is 0 Å². The molecule has 0 bridgehead atoms. The Morgan fingerprint density at radius 2 is 2.00 bits per heavy atom. The zero-order valence-electron chi connectivity index (χ0n) is 11.8. The van der Waals surface area contributed by atoms with Crippen LogP contribution in [0.4, 0.5) is 11.6 Å². The first kappa shape index (κ1) is 15.0. The molecule has 5 nitrogen and oxygen atoms in total. The standard InChI is InChI=1S/C12H23N5S/c1-9(2)17(4)7-6-14-11-8-10(13-3)15-12(16-11)18-5/h8-9H,6-7H2,1-5H3,(H2,13,14,15,16). The fraction of sp³-hybridized carbons (Fsp3) is 0.667. The lowest BCUT2D eigenvalue weighted by Gasteiger charge is -2.21. The lowest BCUT2D eigenvalue weighted by Crippen LogP contribution is -2.31. The minimum absolute atomic E-state index is 0.562. The predicted octanol–water partition coefficient (Wildman–Crippen LogP) is 1.99. The van der Waals surface area contributed by atoms with Crippen LogP contribution in [0.25, 0.3) is 0 Å². The van der Waals surface area contributed by atoms with Gasteiger partial charge in [0, 0.05) is 32.2 Å². The number of thioether (sulfide) groups is 1. The minimum atomic E-state index is 0.562. The van der Waals surface area contributed by atoms with Gasteiger partial charge in [-0.2, -0.15) is 0 Å². The van der Waals surface area contributed by atoms with E-state index in [1.54, 1.807) is 11.8 Å². The second-order valence-electron chi connectivity index (χ2n) is 4.38. The maximum Gasteiger partial charge on any atom is 0.191 e. The molecule has 0 saturated carbocycles. The van der Waals surface area contributed by atoms with Gasteiger partial charge < -0.3 is 15.5 Å². The molecule has 2 N–H and O–H groups in total. The van der Waals surface area contributed by atoms with Crippen LogP contribution in [0.5, 0.6) is 0 Å². The lowest BCUT2D eigenvalue weighted by atomic mass is 10.3. The minimum Gasteiger partial charge on any atom is -0.373 e. The van der Waals surface area contributed by atoms with Gasteiger partial charge in [0.2, 0.25) is 0 Å². The molecule has 1 aromatic rings. The zero-order valence-corrected chi connectivity index (χ0v) is 12.6. The molecular formula is C12H23N5S. The first-order valence-electron chi connectivity index (χ1n) is 6.11. The number of anilines is 2. The normalized spacial score (nSPS) is 11.1. The topological polar surface area (TPSA) is 53.1 Å². The van der Waals surface area contributed by atoms with Crippen molar-refractivity contribution in [2.75, 3.05) is 44.1 Å².